The molecule has 0 atom stereocenters. The molecule has 1 aromatic carbocycles. The van der Waals surface area contributed by atoms with E-state index in [9.17, 15) is 4.79 Å². The number of amides is 1. The van der Waals surface area contributed by atoms with E-state index in [4.69, 9.17) is 0 Å². The van der Waals surface area contributed by atoms with E-state index >= 15 is 0 Å². The van der Waals surface area contributed by atoms with Crippen LogP contribution >= 0.6 is 11.3 Å². The minimum absolute atomic E-state index is 0.171. The monoisotopic (exact) mass is 337 g/mol. The van der Waals surface area contributed by atoms with E-state index in [-0.39, 0.29) is 5.91 Å². The van der Waals surface area contributed by atoms with E-state index in [1.54, 1.807) is 24.5 Å². The summed E-state index contributed by atoms with van der Waals surface area (Å²) in [4.78, 5) is 22.0. The van der Waals surface area contributed by atoms with Gasteiger partial charge in [-0.3, -0.25) is 15.1 Å². The van der Waals surface area contributed by atoms with Crippen molar-refractivity contribution in [2.75, 3.05) is 5.32 Å². The average molecular weight is 337 g/mol. The Bertz CT molecular complexity index is 877. The Morgan fingerprint density at radius 1 is 1.04 bits per heavy atom. The van der Waals surface area contributed by atoms with Gasteiger partial charge in [0.15, 0.2) is 5.13 Å². The molecular formula is C19H19N3OS. The van der Waals surface area contributed by atoms with Crippen molar-refractivity contribution in [1.29, 1.82) is 0 Å². The van der Waals surface area contributed by atoms with Gasteiger partial charge in [-0.25, -0.2) is 4.98 Å². The zero-order valence-electron chi connectivity index (χ0n) is 14.2. The van der Waals surface area contributed by atoms with Gasteiger partial charge in [0.25, 0.3) is 5.91 Å². The van der Waals surface area contributed by atoms with Crippen molar-refractivity contribution in [3.8, 4) is 11.3 Å². The van der Waals surface area contributed by atoms with Gasteiger partial charge < -0.3 is 0 Å². The third-order valence-corrected chi connectivity index (χ3v) is 4.76. The summed E-state index contributed by atoms with van der Waals surface area (Å²) in [6.07, 6.45) is 3.21. The van der Waals surface area contributed by atoms with Crippen LogP contribution in [-0.4, -0.2) is 15.9 Å². The summed E-state index contributed by atoms with van der Waals surface area (Å²) >= 11 is 1.50. The number of nitrogens with zero attached hydrogens (tertiary/aromatic N) is 2. The topological polar surface area (TPSA) is 54.9 Å². The Labute approximate surface area is 145 Å². The number of benzene rings is 1. The number of carbonyl (C=O) groups is 1. The molecule has 3 aromatic rings. The molecule has 2 heterocycles. The lowest BCUT2D eigenvalue weighted by molar-refractivity contribution is 0.102. The molecule has 0 saturated heterocycles. The molecule has 0 unspecified atom stereocenters. The van der Waals surface area contributed by atoms with Gasteiger partial charge in [-0.2, -0.15) is 0 Å². The van der Waals surface area contributed by atoms with E-state index in [0.29, 0.717) is 10.7 Å². The highest BCUT2D eigenvalue weighted by molar-refractivity contribution is 7.16. The van der Waals surface area contributed by atoms with Gasteiger partial charge in [-0.1, -0.05) is 17.7 Å². The first kappa shape index (κ1) is 16.3. The number of pyridine rings is 1. The molecule has 0 aliphatic rings. The fourth-order valence-electron chi connectivity index (χ4n) is 2.91. The standard InChI is InChI=1S/C19H19N3OS/c1-11-9-12(2)16(13(3)10-11)17-14(4)24-19(21-17)22-18(23)15-5-7-20-8-6-15/h5-10H,1-4H3,(H,21,22,23). The average Bonchev–Trinajstić information content (AvgIpc) is 2.87. The highest BCUT2D eigenvalue weighted by Crippen LogP contribution is 2.35. The molecule has 1 N–H and O–H groups in total. The third kappa shape index (κ3) is 3.21. The Morgan fingerprint density at radius 2 is 1.67 bits per heavy atom. The summed E-state index contributed by atoms with van der Waals surface area (Å²) in [5, 5.41) is 3.49. The van der Waals surface area contributed by atoms with Crippen molar-refractivity contribution in [2.24, 2.45) is 0 Å². The number of nitrogens with one attached hydrogen (secondary N) is 1. The SMILES string of the molecule is Cc1cc(C)c(-c2nc(NC(=O)c3ccncc3)sc2C)c(C)c1. The van der Waals surface area contributed by atoms with Gasteiger partial charge in [-0.15, -0.1) is 11.3 Å². The number of rotatable bonds is 3. The van der Waals surface area contributed by atoms with Crippen LogP contribution in [0.4, 0.5) is 5.13 Å². The summed E-state index contributed by atoms with van der Waals surface area (Å²) in [5.74, 6) is -0.171. The number of hydrogen-bond donors (Lipinski definition) is 1. The molecule has 0 bridgehead atoms. The van der Waals surface area contributed by atoms with E-state index in [0.717, 1.165) is 16.1 Å². The fourth-order valence-corrected chi connectivity index (χ4v) is 3.72. The van der Waals surface area contributed by atoms with Crippen LogP contribution in [0.15, 0.2) is 36.7 Å². The molecule has 0 aliphatic heterocycles. The molecule has 0 spiro atoms. The second-order valence-corrected chi connectivity index (χ2v) is 7.09. The highest BCUT2D eigenvalue weighted by Gasteiger charge is 2.16. The largest absolute Gasteiger partial charge is 0.298 e. The summed E-state index contributed by atoms with van der Waals surface area (Å²) < 4.78 is 0. The molecule has 1 amide bonds. The molecule has 0 radical (unpaired) electrons. The van der Waals surface area contributed by atoms with Gasteiger partial charge in [-0.05, 0) is 51.0 Å². The molecule has 0 aliphatic carbocycles. The van der Waals surface area contributed by atoms with Gasteiger partial charge in [0.1, 0.15) is 0 Å². The number of anilines is 1. The maximum atomic E-state index is 12.3. The summed E-state index contributed by atoms with van der Waals surface area (Å²) in [6, 6.07) is 7.70. The van der Waals surface area contributed by atoms with Gasteiger partial charge >= 0.3 is 0 Å². The summed E-state index contributed by atoms with van der Waals surface area (Å²) in [6.45, 7) is 8.33. The second-order valence-electron chi connectivity index (χ2n) is 5.89. The van der Waals surface area contributed by atoms with Crippen molar-refractivity contribution < 1.29 is 4.79 Å². The number of aromatic nitrogens is 2. The Morgan fingerprint density at radius 3 is 2.29 bits per heavy atom. The van der Waals surface area contributed by atoms with Crippen LogP contribution in [0.3, 0.4) is 0 Å². The molecule has 3 rings (SSSR count). The maximum absolute atomic E-state index is 12.3. The highest BCUT2D eigenvalue weighted by atomic mass is 32.1. The predicted molar refractivity (Wildman–Crippen MR) is 98.7 cm³/mol. The van der Waals surface area contributed by atoms with Crippen LogP contribution in [0.5, 0.6) is 0 Å². The first-order valence-electron chi connectivity index (χ1n) is 7.72. The van der Waals surface area contributed by atoms with E-state index in [1.165, 1.54) is 28.0 Å². The first-order valence-corrected chi connectivity index (χ1v) is 8.54. The molecule has 0 saturated carbocycles. The molecule has 5 heteroatoms. The number of thiazole rings is 1. The summed E-state index contributed by atoms with van der Waals surface area (Å²) in [5.41, 5.74) is 6.31. The van der Waals surface area contributed by atoms with Gasteiger partial charge in [0.05, 0.1) is 5.69 Å². The number of aryl methyl sites for hydroxylation is 4. The fraction of sp³-hybridized carbons (Fsp3) is 0.211. The van der Waals surface area contributed by atoms with Crippen LogP contribution < -0.4 is 5.32 Å². The molecule has 4 nitrogen and oxygen atoms in total. The van der Waals surface area contributed by atoms with Crippen molar-refractivity contribution >= 4 is 22.4 Å². The lowest BCUT2D eigenvalue weighted by Gasteiger charge is -2.10. The van der Waals surface area contributed by atoms with Gasteiger partial charge in [0.2, 0.25) is 0 Å². The molecule has 2 aromatic heterocycles. The lowest BCUT2D eigenvalue weighted by atomic mass is 9.97. The van der Waals surface area contributed by atoms with Crippen LogP contribution in [0.25, 0.3) is 11.3 Å². The lowest BCUT2D eigenvalue weighted by Crippen LogP contribution is -2.11. The second kappa shape index (κ2) is 6.53. The smallest absolute Gasteiger partial charge is 0.257 e. The van der Waals surface area contributed by atoms with Crippen LogP contribution in [-0.2, 0) is 0 Å². The van der Waals surface area contributed by atoms with Crippen molar-refractivity contribution in [1.82, 2.24) is 9.97 Å². The number of hydrogen-bond acceptors (Lipinski definition) is 4. The predicted octanol–water partition coefficient (Wildman–Crippen LogP) is 4.69. The van der Waals surface area contributed by atoms with E-state index in [1.807, 2.05) is 6.92 Å². The number of carbonyl (C=O) groups excluding carboxylic acids is 1. The van der Waals surface area contributed by atoms with Crippen molar-refractivity contribution in [3.05, 3.63) is 63.8 Å². The third-order valence-electron chi connectivity index (χ3n) is 3.87. The van der Waals surface area contributed by atoms with Crippen molar-refractivity contribution in [3.63, 3.8) is 0 Å². The molecule has 0 fully saturated rings. The molecule has 24 heavy (non-hydrogen) atoms. The zero-order chi connectivity index (χ0) is 17.3. The molecular weight excluding hydrogens is 318 g/mol. The zero-order valence-corrected chi connectivity index (χ0v) is 15.0. The molecule has 122 valence electrons. The minimum Gasteiger partial charge on any atom is -0.298 e. The quantitative estimate of drug-likeness (QED) is 0.754. The van der Waals surface area contributed by atoms with Crippen LogP contribution in [0.2, 0.25) is 0 Å². The van der Waals surface area contributed by atoms with E-state index in [2.05, 4.69) is 48.2 Å². The van der Waals surface area contributed by atoms with E-state index < -0.39 is 0 Å². The Hall–Kier alpha value is -2.53. The normalized spacial score (nSPS) is 10.7. The summed E-state index contributed by atoms with van der Waals surface area (Å²) in [7, 11) is 0. The van der Waals surface area contributed by atoms with Crippen LogP contribution in [0.1, 0.15) is 31.9 Å². The van der Waals surface area contributed by atoms with Crippen LogP contribution in [0, 0.1) is 27.7 Å². The van der Waals surface area contributed by atoms with Gasteiger partial charge in [0, 0.05) is 28.4 Å². The van der Waals surface area contributed by atoms with Crippen molar-refractivity contribution in [2.45, 2.75) is 27.7 Å². The maximum Gasteiger partial charge on any atom is 0.257 e. The Kier molecular flexibility index (Phi) is 4.44. The Balaban J connectivity index is 1.93. The first-order chi connectivity index (χ1) is 11.5. The minimum atomic E-state index is -0.171.